The van der Waals surface area contributed by atoms with Gasteiger partial charge in [0.15, 0.2) is 0 Å². The zero-order valence-corrected chi connectivity index (χ0v) is 11.5. The van der Waals surface area contributed by atoms with Gasteiger partial charge in [-0.25, -0.2) is 0 Å². The van der Waals surface area contributed by atoms with Crippen LogP contribution >= 0.6 is 11.3 Å². The summed E-state index contributed by atoms with van der Waals surface area (Å²) in [6.45, 7) is 8.04. The lowest BCUT2D eigenvalue weighted by Crippen LogP contribution is -2.63. The first-order chi connectivity index (χ1) is 7.99. The number of hydrogen-bond donors (Lipinski definition) is 1. The van der Waals surface area contributed by atoms with Crippen LogP contribution in [0.2, 0.25) is 0 Å². The quantitative estimate of drug-likeness (QED) is 0.872. The first-order valence-corrected chi connectivity index (χ1v) is 6.93. The highest BCUT2D eigenvalue weighted by molar-refractivity contribution is 7.10. The second-order valence-electron chi connectivity index (χ2n) is 5.35. The number of nitrogens with one attached hydrogen (secondary N) is 1. The molecule has 0 aliphatic carbocycles. The average Bonchev–Trinajstić information content (AvgIpc) is 2.74. The van der Waals surface area contributed by atoms with Gasteiger partial charge in [-0.3, -0.25) is 4.79 Å². The Balaban J connectivity index is 2.06. The van der Waals surface area contributed by atoms with E-state index < -0.39 is 0 Å². The smallest absolute Gasteiger partial charge is 0.228 e. The summed E-state index contributed by atoms with van der Waals surface area (Å²) in [6.07, 6.45) is 0.536. The summed E-state index contributed by atoms with van der Waals surface area (Å²) in [5.41, 5.74) is -0.0825. The first kappa shape index (κ1) is 12.6. The van der Waals surface area contributed by atoms with Crippen molar-refractivity contribution in [2.75, 3.05) is 13.1 Å². The summed E-state index contributed by atoms with van der Waals surface area (Å²) in [5.74, 6) is 0.241. The molecule has 1 fully saturated rings. The molecule has 1 aromatic rings. The topological polar surface area (TPSA) is 32.3 Å². The summed E-state index contributed by atoms with van der Waals surface area (Å²) in [7, 11) is 0. The maximum Gasteiger partial charge on any atom is 0.228 e. The number of piperazine rings is 1. The predicted octanol–water partition coefficient (Wildman–Crippen LogP) is 1.89. The second-order valence-corrected chi connectivity index (χ2v) is 6.39. The third-order valence-electron chi connectivity index (χ3n) is 3.28. The van der Waals surface area contributed by atoms with Gasteiger partial charge in [-0.1, -0.05) is 6.07 Å². The third-order valence-corrected chi connectivity index (χ3v) is 4.15. The number of hydrogen-bond acceptors (Lipinski definition) is 3. The summed E-state index contributed by atoms with van der Waals surface area (Å²) < 4.78 is 0. The van der Waals surface area contributed by atoms with E-state index in [4.69, 9.17) is 0 Å². The highest BCUT2D eigenvalue weighted by Gasteiger charge is 2.35. The molecule has 1 amide bonds. The lowest BCUT2D eigenvalue weighted by atomic mass is 9.97. The van der Waals surface area contributed by atoms with E-state index in [1.165, 1.54) is 0 Å². The van der Waals surface area contributed by atoms with Crippen molar-refractivity contribution < 1.29 is 4.79 Å². The van der Waals surface area contributed by atoms with Crippen molar-refractivity contribution >= 4 is 17.2 Å². The van der Waals surface area contributed by atoms with Crippen molar-refractivity contribution in [2.45, 2.75) is 38.8 Å². The Morgan fingerprint density at radius 2 is 2.41 bits per heavy atom. The summed E-state index contributed by atoms with van der Waals surface area (Å²) >= 11 is 1.65. The Hall–Kier alpha value is -0.870. The monoisotopic (exact) mass is 252 g/mol. The summed E-state index contributed by atoms with van der Waals surface area (Å²) in [5, 5.41) is 5.45. The van der Waals surface area contributed by atoms with Crippen molar-refractivity contribution in [2.24, 2.45) is 0 Å². The van der Waals surface area contributed by atoms with Crippen LogP contribution in [0, 0.1) is 0 Å². The Bertz CT molecular complexity index is 386. The van der Waals surface area contributed by atoms with E-state index in [0.717, 1.165) is 18.0 Å². The van der Waals surface area contributed by atoms with E-state index in [2.05, 4.69) is 26.1 Å². The Morgan fingerprint density at radius 3 is 3.06 bits per heavy atom. The zero-order valence-electron chi connectivity index (χ0n) is 10.7. The minimum absolute atomic E-state index is 0.0825. The number of carbonyl (C=O) groups is 1. The molecule has 4 heteroatoms. The molecule has 1 aliphatic rings. The molecule has 1 unspecified atom stereocenters. The van der Waals surface area contributed by atoms with E-state index >= 15 is 0 Å². The van der Waals surface area contributed by atoms with Gasteiger partial charge in [0.05, 0.1) is 6.42 Å². The van der Waals surface area contributed by atoms with Crippen molar-refractivity contribution in [3.63, 3.8) is 0 Å². The minimum Gasteiger partial charge on any atom is -0.334 e. The van der Waals surface area contributed by atoms with Crippen LogP contribution in [0.5, 0.6) is 0 Å². The van der Waals surface area contributed by atoms with Gasteiger partial charge in [0.25, 0.3) is 0 Å². The fourth-order valence-electron chi connectivity index (χ4n) is 2.20. The van der Waals surface area contributed by atoms with Gasteiger partial charge >= 0.3 is 0 Å². The van der Waals surface area contributed by atoms with E-state index in [9.17, 15) is 4.79 Å². The van der Waals surface area contributed by atoms with Crippen molar-refractivity contribution in [3.8, 4) is 0 Å². The molecular weight excluding hydrogens is 232 g/mol. The summed E-state index contributed by atoms with van der Waals surface area (Å²) in [6, 6.07) is 4.41. The number of thiophene rings is 1. The van der Waals surface area contributed by atoms with Crippen LogP contribution in [0.25, 0.3) is 0 Å². The molecule has 0 saturated carbocycles. The number of carbonyl (C=O) groups excluding carboxylic acids is 1. The molecule has 2 heterocycles. The predicted molar refractivity (Wildman–Crippen MR) is 71.3 cm³/mol. The molecule has 1 saturated heterocycles. The largest absolute Gasteiger partial charge is 0.334 e. The van der Waals surface area contributed by atoms with E-state index in [1.807, 2.05) is 22.4 Å². The van der Waals surface area contributed by atoms with Crippen molar-refractivity contribution in [1.82, 2.24) is 10.2 Å². The molecule has 1 aliphatic heterocycles. The van der Waals surface area contributed by atoms with E-state index in [0.29, 0.717) is 12.5 Å². The molecule has 0 bridgehead atoms. The van der Waals surface area contributed by atoms with Gasteiger partial charge < -0.3 is 10.2 Å². The number of amides is 1. The van der Waals surface area contributed by atoms with Gasteiger partial charge in [-0.2, -0.15) is 0 Å². The molecule has 94 valence electrons. The van der Waals surface area contributed by atoms with Crippen LogP contribution in [0.3, 0.4) is 0 Å². The molecule has 17 heavy (non-hydrogen) atoms. The van der Waals surface area contributed by atoms with Crippen molar-refractivity contribution in [3.05, 3.63) is 22.4 Å². The molecule has 0 radical (unpaired) electrons. The molecule has 1 aromatic heterocycles. The number of rotatable bonds is 2. The molecule has 0 spiro atoms. The van der Waals surface area contributed by atoms with Crippen LogP contribution in [0.15, 0.2) is 17.5 Å². The third kappa shape index (κ3) is 2.87. The van der Waals surface area contributed by atoms with Gasteiger partial charge in [-0.05, 0) is 32.2 Å². The number of nitrogens with zero attached hydrogens (tertiary/aromatic N) is 1. The van der Waals surface area contributed by atoms with Crippen LogP contribution < -0.4 is 5.32 Å². The van der Waals surface area contributed by atoms with Gasteiger partial charge in [0.2, 0.25) is 5.91 Å². The maximum absolute atomic E-state index is 12.3. The lowest BCUT2D eigenvalue weighted by Gasteiger charge is -2.45. The SMILES string of the molecule is CC1CN(C(=O)Cc2cccs2)C(C)(C)CN1. The van der Waals surface area contributed by atoms with Gasteiger partial charge in [0.1, 0.15) is 0 Å². The van der Waals surface area contributed by atoms with Crippen LogP contribution in [-0.4, -0.2) is 35.5 Å². The summed E-state index contributed by atoms with van der Waals surface area (Å²) in [4.78, 5) is 15.5. The second kappa shape index (κ2) is 4.78. The molecule has 3 nitrogen and oxygen atoms in total. The van der Waals surface area contributed by atoms with Gasteiger partial charge in [0, 0.05) is 29.5 Å². The van der Waals surface area contributed by atoms with Crippen molar-refractivity contribution in [1.29, 1.82) is 0 Å². The molecule has 2 rings (SSSR count). The lowest BCUT2D eigenvalue weighted by molar-refractivity contribution is -0.137. The standard InChI is InChI=1S/C13H20N2OS/c1-10-8-15(13(2,3)9-14-10)12(16)7-11-5-4-6-17-11/h4-6,10,14H,7-9H2,1-3H3. The highest BCUT2D eigenvalue weighted by Crippen LogP contribution is 2.21. The minimum atomic E-state index is -0.0825. The fraction of sp³-hybridized carbons (Fsp3) is 0.615. The normalized spacial score (nSPS) is 23.7. The Kier molecular flexibility index (Phi) is 3.54. The molecule has 1 atom stereocenters. The Morgan fingerprint density at radius 1 is 1.65 bits per heavy atom. The first-order valence-electron chi connectivity index (χ1n) is 6.05. The average molecular weight is 252 g/mol. The molecule has 1 N–H and O–H groups in total. The van der Waals surface area contributed by atoms with Crippen LogP contribution in [0.1, 0.15) is 25.6 Å². The van der Waals surface area contributed by atoms with Crippen LogP contribution in [-0.2, 0) is 11.2 Å². The Labute approximate surface area is 107 Å². The molecular formula is C13H20N2OS. The van der Waals surface area contributed by atoms with E-state index in [1.54, 1.807) is 11.3 Å². The highest BCUT2D eigenvalue weighted by atomic mass is 32.1. The van der Waals surface area contributed by atoms with Crippen LogP contribution in [0.4, 0.5) is 0 Å². The fourth-order valence-corrected chi connectivity index (χ4v) is 2.90. The molecule has 0 aromatic carbocycles. The van der Waals surface area contributed by atoms with E-state index in [-0.39, 0.29) is 11.4 Å². The van der Waals surface area contributed by atoms with Gasteiger partial charge in [-0.15, -0.1) is 11.3 Å². The maximum atomic E-state index is 12.3. The zero-order chi connectivity index (χ0) is 12.5.